The highest BCUT2D eigenvalue weighted by Crippen LogP contribution is 2.62. The molecule has 4 heteroatoms. The molecule has 0 aromatic heterocycles. The van der Waals surface area contributed by atoms with E-state index in [1.807, 2.05) is 0 Å². The first kappa shape index (κ1) is 6.93. The highest BCUT2D eigenvalue weighted by Gasteiger charge is 2.64. The second kappa shape index (κ2) is 4.06. The van der Waals surface area contributed by atoms with E-state index in [1.54, 1.807) is 12.2 Å². The van der Waals surface area contributed by atoms with Crippen molar-refractivity contribution in [2.75, 3.05) is 20.6 Å². The van der Waals surface area contributed by atoms with Crippen molar-refractivity contribution >= 4 is 0 Å². The summed E-state index contributed by atoms with van der Waals surface area (Å²) < 4.78 is 83.1. The molecule has 1 fully saturated rings. The van der Waals surface area contributed by atoms with Gasteiger partial charge in [0.15, 0.2) is 11.5 Å². The van der Waals surface area contributed by atoms with E-state index >= 15 is 0 Å². The number of ether oxygens (including phenoxy) is 2. The molecule has 2 unspecified atom stereocenters. The van der Waals surface area contributed by atoms with Gasteiger partial charge in [0.2, 0.25) is 1.43 Å². The molecular weight excluding hydrogens is 278 g/mol. The Morgan fingerprint density at radius 3 is 3.41 bits per heavy atom. The summed E-state index contributed by atoms with van der Waals surface area (Å²) in [5.74, 6) is -0.457. The summed E-state index contributed by atoms with van der Waals surface area (Å²) in [5, 5.41) is 4.89. The Morgan fingerprint density at radius 2 is 2.55 bits per heavy atom. The minimum absolute atomic E-state index is 0.0301. The zero-order chi connectivity index (χ0) is 22.6. The lowest BCUT2D eigenvalue weighted by atomic mass is 9.53. The lowest BCUT2D eigenvalue weighted by Crippen LogP contribution is -2.64. The van der Waals surface area contributed by atoms with Gasteiger partial charge in [0.1, 0.15) is 12.2 Å². The topological polar surface area (TPSA) is 41.9 Å². The average molecular weight is 308 g/mol. The van der Waals surface area contributed by atoms with Crippen LogP contribution in [0.25, 0.3) is 0 Å². The molecule has 1 spiro atoms. The van der Waals surface area contributed by atoms with Crippen LogP contribution in [0.15, 0.2) is 24.3 Å². The van der Waals surface area contributed by atoms with E-state index < -0.39 is 50.0 Å². The first-order valence-corrected chi connectivity index (χ1v) is 7.43. The number of likely N-dealkylation sites (N-methyl/N-ethyl adjacent to an activating group) is 1. The van der Waals surface area contributed by atoms with Gasteiger partial charge in [-0.25, -0.2) is 0 Å². The second-order valence-electron chi connectivity index (χ2n) is 6.40. The summed E-state index contributed by atoms with van der Waals surface area (Å²) in [6.07, 6.45) is 0.105. The molecule has 2 heterocycles. The van der Waals surface area contributed by atoms with Crippen LogP contribution >= 0.6 is 0 Å². The fourth-order valence-electron chi connectivity index (χ4n) is 4.72. The molecule has 2 aliphatic carbocycles. The maximum absolute atomic E-state index is 8.95. The van der Waals surface area contributed by atoms with Gasteiger partial charge in [-0.15, -0.1) is 0 Å². The van der Waals surface area contributed by atoms with E-state index in [9.17, 15) is 0 Å². The monoisotopic (exact) mass is 308 g/mol. The van der Waals surface area contributed by atoms with Gasteiger partial charge in [-0.3, -0.25) is 0 Å². The van der Waals surface area contributed by atoms with Crippen LogP contribution in [0.3, 0.4) is 0 Å². The largest absolute Gasteiger partial charge is 0.493 e. The van der Waals surface area contributed by atoms with Crippen molar-refractivity contribution in [3.05, 3.63) is 35.4 Å². The van der Waals surface area contributed by atoms with Crippen LogP contribution in [0.1, 0.15) is 28.5 Å². The molecule has 1 saturated heterocycles. The maximum Gasteiger partial charge on any atom is 0.211 e. The Morgan fingerprint density at radius 1 is 1.55 bits per heavy atom. The third-order valence-corrected chi connectivity index (χ3v) is 5.60. The predicted molar refractivity (Wildman–Crippen MR) is 82.5 cm³/mol. The zero-order valence-electron chi connectivity index (χ0n) is 20.7. The van der Waals surface area contributed by atoms with Crippen molar-refractivity contribution in [2.45, 2.75) is 36.5 Å². The summed E-state index contributed by atoms with van der Waals surface area (Å²) >= 11 is 0. The number of piperidine rings is 1. The fraction of sp³-hybridized carbons (Fsp3) is 0.556. The number of aliphatic hydroxyl groups is 1. The first-order valence-electron chi connectivity index (χ1n) is 11.8. The van der Waals surface area contributed by atoms with Gasteiger partial charge in [-0.05, 0) is 37.9 Å². The number of aliphatic hydroxyl groups excluding tert-OH is 1. The van der Waals surface area contributed by atoms with Crippen LogP contribution in [-0.2, 0) is 11.8 Å². The van der Waals surface area contributed by atoms with Crippen molar-refractivity contribution in [3.8, 4) is 11.5 Å². The number of nitrogens with zero attached hydrogens (tertiary/aromatic N) is 1. The Kier molecular flexibility index (Phi) is 1.28. The van der Waals surface area contributed by atoms with Gasteiger partial charge in [0.05, 0.1) is 11.2 Å². The third-order valence-electron chi connectivity index (χ3n) is 5.60. The highest BCUT2D eigenvalue weighted by atomic mass is 16.5. The minimum atomic E-state index is -2.73. The number of hydrogen-bond acceptors (Lipinski definition) is 4. The Bertz CT molecular complexity index is 960. The molecular formula is C18H21NO3. The van der Waals surface area contributed by atoms with Crippen molar-refractivity contribution in [3.63, 3.8) is 0 Å². The molecule has 0 amide bonds. The molecule has 5 rings (SSSR count). The van der Waals surface area contributed by atoms with E-state index in [1.165, 1.54) is 17.0 Å². The second-order valence-corrected chi connectivity index (χ2v) is 6.40. The summed E-state index contributed by atoms with van der Waals surface area (Å²) in [7, 11) is -2.73. The molecule has 5 atom stereocenters. The van der Waals surface area contributed by atoms with Crippen molar-refractivity contribution in [2.24, 2.45) is 5.92 Å². The Hall–Kier alpha value is -1.52. The Balaban J connectivity index is 1.79. The molecule has 2 bridgehead atoms. The normalized spacial score (nSPS) is 50.5. The predicted octanol–water partition coefficient (Wildman–Crippen LogP) is 1.50. The van der Waals surface area contributed by atoms with Gasteiger partial charge in [-0.1, -0.05) is 18.2 Å². The van der Waals surface area contributed by atoms with Crippen LogP contribution < -0.4 is 9.47 Å². The molecule has 4 aliphatic rings. The summed E-state index contributed by atoms with van der Waals surface area (Å²) in [6.45, 7) is -2.39. The van der Waals surface area contributed by atoms with Crippen molar-refractivity contribution in [1.82, 2.24) is 4.90 Å². The van der Waals surface area contributed by atoms with E-state index in [2.05, 4.69) is 0 Å². The minimum Gasteiger partial charge on any atom is -0.493 e. The van der Waals surface area contributed by atoms with Gasteiger partial charge < -0.3 is 19.5 Å². The summed E-state index contributed by atoms with van der Waals surface area (Å²) in [5.41, 5.74) is -0.0868. The lowest BCUT2D eigenvalue weighted by Gasteiger charge is -2.56. The maximum atomic E-state index is 8.95. The summed E-state index contributed by atoms with van der Waals surface area (Å²) in [6, 6.07) is 1.83. The SMILES string of the molecule is [2H]OC1C=C[C@H]2[C@@H]3N(C([2H])([2H])[2H])CC[C@@]24c2c(ccc(OC([2H])([2H])[2H])c2OC14)C3([2H])[2H]. The van der Waals surface area contributed by atoms with Crippen LogP contribution in [-0.4, -0.2) is 50.2 Å². The molecule has 4 nitrogen and oxygen atoms in total. The first-order chi connectivity index (χ1) is 14.3. The highest BCUT2D eigenvalue weighted by molar-refractivity contribution is 5.62. The lowest BCUT2D eigenvalue weighted by molar-refractivity contribution is -0.0453. The molecule has 0 radical (unpaired) electrons. The average Bonchev–Trinajstić information content (AvgIpc) is 2.99. The van der Waals surface area contributed by atoms with Crippen LogP contribution in [0.4, 0.5) is 0 Å². The number of rotatable bonds is 2. The quantitative estimate of drug-likeness (QED) is 0.841. The fourth-order valence-corrected chi connectivity index (χ4v) is 4.72. The van der Waals surface area contributed by atoms with E-state index in [0.717, 1.165) is 0 Å². The third kappa shape index (κ3) is 1.28. The van der Waals surface area contributed by atoms with Crippen LogP contribution in [0.5, 0.6) is 11.5 Å². The standard InChI is InChI=1S/C18H21NO3/c1-19-8-7-18-11-4-5-13(20)17(18)22-16-14(21-2)6-3-10(15(16)18)9-12(11)19/h3-6,11-13,17,20H,7-9H2,1-2H3/t11-,12+,13?,17?,18-/m0/s1/i1D3,2D3,9D2,20D. The van der Waals surface area contributed by atoms with Gasteiger partial charge in [-0.2, -0.15) is 0 Å². The van der Waals surface area contributed by atoms with Crippen LogP contribution in [0, 0.1) is 5.92 Å². The number of benzene rings is 1. The molecule has 1 aromatic rings. The smallest absolute Gasteiger partial charge is 0.211 e. The summed E-state index contributed by atoms with van der Waals surface area (Å²) in [4.78, 5) is 1.24. The van der Waals surface area contributed by atoms with Crippen molar-refractivity contribution < 1.29 is 25.5 Å². The molecule has 1 aromatic carbocycles. The van der Waals surface area contributed by atoms with Gasteiger partial charge in [0.25, 0.3) is 0 Å². The van der Waals surface area contributed by atoms with Crippen molar-refractivity contribution in [1.29, 1.82) is 1.43 Å². The number of methoxy groups -OCH3 is 1. The number of likely N-dealkylation sites (tertiary alicyclic amines) is 1. The molecule has 1 N–H and O–H groups in total. The molecule has 116 valence electrons. The Labute approximate surface area is 143 Å². The van der Waals surface area contributed by atoms with E-state index in [4.69, 9.17) is 27.0 Å². The molecule has 0 saturated carbocycles. The van der Waals surface area contributed by atoms with E-state index in [-0.39, 0.29) is 23.6 Å². The molecule has 22 heavy (non-hydrogen) atoms. The van der Waals surface area contributed by atoms with Gasteiger partial charge >= 0.3 is 0 Å². The van der Waals surface area contributed by atoms with Gasteiger partial charge in [0, 0.05) is 29.8 Å². The number of hydrogen-bond donors (Lipinski definition) is 1. The van der Waals surface area contributed by atoms with Crippen LogP contribution in [0.2, 0.25) is 0 Å². The van der Waals surface area contributed by atoms with E-state index in [0.29, 0.717) is 12.0 Å². The zero-order valence-corrected chi connectivity index (χ0v) is 11.7. The molecule has 2 aliphatic heterocycles.